The Morgan fingerprint density at radius 2 is 1.66 bits per heavy atom. The third-order valence-corrected chi connectivity index (χ3v) is 12.4. The van der Waals surface area contributed by atoms with Crippen molar-refractivity contribution in [3.8, 4) is 0 Å². The summed E-state index contributed by atoms with van der Waals surface area (Å²) in [6, 6.07) is 1.97. The maximum Gasteiger partial charge on any atom is 0.192 e. The zero-order chi connectivity index (χ0) is 22.4. The highest BCUT2D eigenvalue weighted by molar-refractivity contribution is 7.90. The molecular weight excluding hydrogens is 408 g/mol. The van der Waals surface area contributed by atoms with Crippen molar-refractivity contribution in [3.63, 3.8) is 0 Å². The Balaban J connectivity index is 2.22. The van der Waals surface area contributed by atoms with Gasteiger partial charge in [-0.25, -0.2) is 8.78 Å². The Labute approximate surface area is 179 Å². The molecule has 3 nitrogen and oxygen atoms in total. The lowest BCUT2D eigenvalue weighted by molar-refractivity contribution is 0.0365. The van der Waals surface area contributed by atoms with Gasteiger partial charge in [-0.15, -0.1) is 4.72 Å². The topological polar surface area (TPSA) is 44.3 Å². The van der Waals surface area contributed by atoms with Crippen molar-refractivity contribution < 1.29 is 17.8 Å². The van der Waals surface area contributed by atoms with E-state index in [2.05, 4.69) is 38.6 Å². The van der Waals surface area contributed by atoms with E-state index in [1.54, 1.807) is 6.92 Å². The Kier molecular flexibility index (Phi) is 7.33. The van der Waals surface area contributed by atoms with Gasteiger partial charge in [0.05, 0.1) is 6.04 Å². The van der Waals surface area contributed by atoms with E-state index in [4.69, 9.17) is 4.43 Å². The molecule has 0 amide bonds. The van der Waals surface area contributed by atoms with Crippen molar-refractivity contribution in [2.75, 3.05) is 0 Å². The summed E-state index contributed by atoms with van der Waals surface area (Å²) in [5, 5.41) is 0.121. The van der Waals surface area contributed by atoms with Gasteiger partial charge in [-0.3, -0.25) is 0 Å². The van der Waals surface area contributed by atoms with Crippen LogP contribution in [0.3, 0.4) is 0 Å². The van der Waals surface area contributed by atoms with Crippen LogP contribution in [0.25, 0.3) is 0 Å². The van der Waals surface area contributed by atoms with Crippen molar-refractivity contribution in [3.05, 3.63) is 34.9 Å². The zero-order valence-corrected chi connectivity index (χ0v) is 21.1. The number of hydrogen-bond acceptors (Lipinski definition) is 3. The van der Waals surface area contributed by atoms with Crippen molar-refractivity contribution in [2.45, 2.75) is 96.3 Å². The van der Waals surface area contributed by atoms with E-state index in [9.17, 15) is 13.3 Å². The quantitative estimate of drug-likeness (QED) is 0.421. The molecule has 0 aromatic heterocycles. The minimum absolute atomic E-state index is 0.0488. The third-order valence-electron chi connectivity index (χ3n) is 6.27. The number of halogens is 2. The van der Waals surface area contributed by atoms with Crippen LogP contribution in [0.4, 0.5) is 8.78 Å². The molecule has 0 heterocycles. The van der Waals surface area contributed by atoms with E-state index in [0.29, 0.717) is 0 Å². The van der Waals surface area contributed by atoms with Gasteiger partial charge in [0.2, 0.25) is 0 Å². The number of rotatable bonds is 6. The second-order valence-corrected chi connectivity index (χ2v) is 17.6. The third kappa shape index (κ3) is 5.82. The second-order valence-electron chi connectivity index (χ2n) is 10.8. The first-order valence-corrected chi connectivity index (χ1v) is 14.4. The SMILES string of the molecule is Cc1cc(F)c([C@H](N[S+]([O-])C(C)(C)C)C2CC(O[Si](C)(C)C(C)(C)C)C2)cc1F. The molecule has 0 radical (unpaired) electrons. The lowest BCUT2D eigenvalue weighted by Gasteiger charge is -2.47. The average Bonchev–Trinajstić information content (AvgIpc) is 2.50. The minimum Gasteiger partial charge on any atom is -0.598 e. The Bertz CT molecular complexity index is 725. The number of hydrogen-bond donors (Lipinski definition) is 1. The lowest BCUT2D eigenvalue weighted by Crippen LogP contribution is -2.51. The predicted molar refractivity (Wildman–Crippen MR) is 120 cm³/mol. The van der Waals surface area contributed by atoms with Gasteiger partial charge in [0.15, 0.2) is 8.32 Å². The summed E-state index contributed by atoms with van der Waals surface area (Å²) < 4.78 is 50.8. The fourth-order valence-corrected chi connectivity index (χ4v) is 5.46. The van der Waals surface area contributed by atoms with Crippen LogP contribution < -0.4 is 4.72 Å². The van der Waals surface area contributed by atoms with E-state index >= 15 is 0 Å². The first kappa shape index (κ1) is 24.8. The van der Waals surface area contributed by atoms with Gasteiger partial charge in [-0.05, 0) is 82.3 Å². The van der Waals surface area contributed by atoms with Crippen LogP contribution in [0.2, 0.25) is 18.1 Å². The normalized spacial score (nSPS) is 22.9. The summed E-state index contributed by atoms with van der Waals surface area (Å²) in [6.07, 6.45) is 1.62. The highest BCUT2D eigenvalue weighted by atomic mass is 32.2. The summed E-state index contributed by atoms with van der Waals surface area (Å²) in [4.78, 5) is 0. The Morgan fingerprint density at radius 1 is 1.10 bits per heavy atom. The summed E-state index contributed by atoms with van der Waals surface area (Å²) in [5.41, 5.74) is 0.524. The molecular formula is C22H37F2NO2SSi. The molecule has 2 atom stereocenters. The molecule has 2 rings (SSSR count). The smallest absolute Gasteiger partial charge is 0.192 e. The molecule has 0 aliphatic heterocycles. The van der Waals surface area contributed by atoms with Crippen LogP contribution in [-0.2, 0) is 15.8 Å². The van der Waals surface area contributed by atoms with E-state index in [-0.39, 0.29) is 28.2 Å². The van der Waals surface area contributed by atoms with E-state index < -0.39 is 42.1 Å². The molecule has 1 saturated carbocycles. The van der Waals surface area contributed by atoms with E-state index in [0.717, 1.165) is 12.8 Å². The molecule has 0 spiro atoms. The molecule has 1 aliphatic carbocycles. The summed E-state index contributed by atoms with van der Waals surface area (Å²) in [7, 11) is -1.89. The van der Waals surface area contributed by atoms with Crippen LogP contribution in [-0.4, -0.2) is 23.7 Å². The Morgan fingerprint density at radius 3 is 2.14 bits per heavy atom. The monoisotopic (exact) mass is 445 g/mol. The first-order valence-electron chi connectivity index (χ1n) is 10.3. The summed E-state index contributed by atoms with van der Waals surface area (Å²) in [6.45, 7) is 18.2. The molecule has 166 valence electrons. The summed E-state index contributed by atoms with van der Waals surface area (Å²) >= 11 is -1.39. The molecule has 1 N–H and O–H groups in total. The second kappa shape index (κ2) is 8.58. The molecule has 0 saturated heterocycles. The highest BCUT2D eigenvalue weighted by Gasteiger charge is 2.46. The largest absolute Gasteiger partial charge is 0.598 e. The maximum atomic E-state index is 14.7. The number of benzene rings is 1. The van der Waals surface area contributed by atoms with Crippen molar-refractivity contribution in [1.82, 2.24) is 4.72 Å². The predicted octanol–water partition coefficient (Wildman–Crippen LogP) is 6.17. The van der Waals surface area contributed by atoms with Crippen LogP contribution in [0.1, 0.15) is 71.6 Å². The fraction of sp³-hybridized carbons (Fsp3) is 0.727. The van der Waals surface area contributed by atoms with Crippen LogP contribution in [0, 0.1) is 24.5 Å². The highest BCUT2D eigenvalue weighted by Crippen LogP contribution is 2.45. The van der Waals surface area contributed by atoms with Gasteiger partial charge < -0.3 is 8.98 Å². The van der Waals surface area contributed by atoms with Crippen LogP contribution in [0.15, 0.2) is 12.1 Å². The van der Waals surface area contributed by atoms with Crippen molar-refractivity contribution in [1.29, 1.82) is 0 Å². The lowest BCUT2D eigenvalue weighted by atomic mass is 9.75. The maximum absolute atomic E-state index is 14.7. The zero-order valence-electron chi connectivity index (χ0n) is 19.3. The Hall–Kier alpha value is -0.473. The van der Waals surface area contributed by atoms with Crippen LogP contribution >= 0.6 is 0 Å². The van der Waals surface area contributed by atoms with Gasteiger partial charge >= 0.3 is 0 Å². The molecule has 7 heteroatoms. The fourth-order valence-electron chi connectivity index (χ4n) is 3.17. The molecule has 0 bridgehead atoms. The molecule has 1 unspecified atom stereocenters. The number of aryl methyl sites for hydroxylation is 1. The number of nitrogens with one attached hydrogen (secondary N) is 1. The molecule has 1 fully saturated rings. The molecule has 1 aromatic carbocycles. The minimum atomic E-state index is -1.89. The van der Waals surface area contributed by atoms with E-state index in [1.165, 1.54) is 12.1 Å². The summed E-state index contributed by atoms with van der Waals surface area (Å²) in [5.74, 6) is -0.850. The standard InChI is InChI=1S/C22H37F2NO2SSi/c1-14-10-19(24)17(13-18(14)23)20(25-28(26)21(2,3)4)15-11-16(12-15)27-29(8,9)22(5,6)7/h10,13,15-16,20,25H,11-12H2,1-9H3/t15?,16?,20-,28?/m1/s1. The van der Waals surface area contributed by atoms with Crippen molar-refractivity contribution >= 4 is 19.7 Å². The van der Waals surface area contributed by atoms with Gasteiger partial charge in [0.25, 0.3) is 0 Å². The van der Waals surface area contributed by atoms with Gasteiger partial charge in [0.1, 0.15) is 16.4 Å². The van der Waals surface area contributed by atoms with Gasteiger partial charge in [0, 0.05) is 23.0 Å². The average molecular weight is 446 g/mol. The van der Waals surface area contributed by atoms with Gasteiger partial charge in [-0.1, -0.05) is 20.8 Å². The van der Waals surface area contributed by atoms with Crippen LogP contribution in [0.5, 0.6) is 0 Å². The van der Waals surface area contributed by atoms with E-state index in [1.807, 2.05) is 20.8 Å². The molecule has 1 aliphatic rings. The molecule has 29 heavy (non-hydrogen) atoms. The van der Waals surface area contributed by atoms with Crippen molar-refractivity contribution in [2.24, 2.45) is 5.92 Å². The molecule has 1 aromatic rings. The first-order chi connectivity index (χ1) is 13.0. The van der Waals surface area contributed by atoms with Gasteiger partial charge in [-0.2, -0.15) is 0 Å².